The fourth-order valence-corrected chi connectivity index (χ4v) is 2.41. The fraction of sp³-hybridized carbons (Fsp3) is 0.0476. The Bertz CT molecular complexity index is 854. The van der Waals surface area contributed by atoms with Crippen molar-refractivity contribution in [2.24, 2.45) is 0 Å². The number of benzene rings is 2. The second-order valence-electron chi connectivity index (χ2n) is 5.72. The highest BCUT2D eigenvalue weighted by molar-refractivity contribution is 6.01. The highest BCUT2D eigenvalue weighted by Crippen LogP contribution is 2.13. The normalized spacial score (nSPS) is 10.7. The molecule has 4 nitrogen and oxygen atoms in total. The van der Waals surface area contributed by atoms with Crippen LogP contribution in [0.3, 0.4) is 0 Å². The quantitative estimate of drug-likeness (QED) is 0.551. The Hall–Kier alpha value is -3.40. The highest BCUT2D eigenvalue weighted by atomic mass is 16.1. The maximum absolute atomic E-state index is 12.0. The van der Waals surface area contributed by atoms with Crippen molar-refractivity contribution in [1.29, 1.82) is 0 Å². The maximum atomic E-state index is 12.0. The Kier molecular flexibility index (Phi) is 5.22. The van der Waals surface area contributed by atoms with E-state index in [9.17, 15) is 4.79 Å². The van der Waals surface area contributed by atoms with Gasteiger partial charge in [-0.2, -0.15) is 0 Å². The molecule has 0 atom stereocenters. The molecule has 1 aromatic heterocycles. The Labute approximate surface area is 147 Å². The lowest BCUT2D eigenvalue weighted by Gasteiger charge is -2.05. The van der Waals surface area contributed by atoms with Crippen molar-refractivity contribution in [3.8, 4) is 0 Å². The number of aromatic nitrogens is 1. The van der Waals surface area contributed by atoms with E-state index in [4.69, 9.17) is 5.73 Å². The number of carbonyl (C=O) groups excluding carboxylic acids is 1. The van der Waals surface area contributed by atoms with Crippen LogP contribution >= 0.6 is 0 Å². The van der Waals surface area contributed by atoms with Gasteiger partial charge in [0.25, 0.3) is 0 Å². The van der Waals surface area contributed by atoms with Crippen LogP contribution in [0.5, 0.6) is 0 Å². The van der Waals surface area contributed by atoms with E-state index in [0.717, 1.165) is 17.7 Å². The summed E-state index contributed by atoms with van der Waals surface area (Å²) >= 11 is 0. The van der Waals surface area contributed by atoms with Crippen LogP contribution in [-0.2, 0) is 11.2 Å². The topological polar surface area (TPSA) is 68.0 Å². The summed E-state index contributed by atoms with van der Waals surface area (Å²) in [4.78, 5) is 16.0. The number of amides is 1. The lowest BCUT2D eigenvalue weighted by atomic mass is 10.1. The zero-order valence-electron chi connectivity index (χ0n) is 13.7. The molecule has 2 aromatic carbocycles. The summed E-state index contributed by atoms with van der Waals surface area (Å²) in [6.45, 7) is 0. The van der Waals surface area contributed by atoms with E-state index in [1.807, 2.05) is 48.5 Å². The second kappa shape index (κ2) is 7.93. The largest absolute Gasteiger partial charge is 0.399 e. The molecule has 0 aliphatic carbocycles. The number of carbonyl (C=O) groups is 1. The van der Waals surface area contributed by atoms with Crippen LogP contribution in [0.2, 0.25) is 0 Å². The third-order valence-corrected chi connectivity index (χ3v) is 3.74. The van der Waals surface area contributed by atoms with Crippen molar-refractivity contribution >= 4 is 23.4 Å². The lowest BCUT2D eigenvalue weighted by Crippen LogP contribution is -2.07. The second-order valence-corrected chi connectivity index (χ2v) is 5.72. The standard InChI is InChI=1S/C21H19N3O/c22-19-6-1-16(2-7-19)5-10-21(25)24-20-8-3-17(4-9-20)15-18-11-13-23-14-12-18/h1-14H,15,22H2,(H,24,25)/b10-5+. The predicted octanol–water partition coefficient (Wildman–Crippen LogP) is 3.91. The van der Waals surface area contributed by atoms with Gasteiger partial charge in [-0.15, -0.1) is 0 Å². The summed E-state index contributed by atoms with van der Waals surface area (Å²) in [6, 6.07) is 19.2. The van der Waals surface area contributed by atoms with Gasteiger partial charge < -0.3 is 11.1 Å². The molecule has 0 saturated carbocycles. The molecule has 1 heterocycles. The van der Waals surface area contributed by atoms with Crippen LogP contribution in [0.4, 0.5) is 11.4 Å². The minimum Gasteiger partial charge on any atom is -0.399 e. The summed E-state index contributed by atoms with van der Waals surface area (Å²) in [5, 5.41) is 2.85. The van der Waals surface area contributed by atoms with Gasteiger partial charge in [-0.1, -0.05) is 24.3 Å². The van der Waals surface area contributed by atoms with E-state index in [-0.39, 0.29) is 5.91 Å². The van der Waals surface area contributed by atoms with E-state index >= 15 is 0 Å². The molecule has 0 aliphatic heterocycles. The molecule has 0 bridgehead atoms. The molecule has 1 amide bonds. The number of nitrogens with one attached hydrogen (secondary N) is 1. The first-order chi connectivity index (χ1) is 12.2. The molecule has 25 heavy (non-hydrogen) atoms. The number of anilines is 2. The average molecular weight is 329 g/mol. The number of nitrogens with two attached hydrogens (primary N) is 1. The first kappa shape index (κ1) is 16.5. The van der Waals surface area contributed by atoms with Crippen molar-refractivity contribution in [2.45, 2.75) is 6.42 Å². The molecule has 3 rings (SSSR count). The number of hydrogen-bond acceptors (Lipinski definition) is 3. The fourth-order valence-electron chi connectivity index (χ4n) is 2.41. The third-order valence-electron chi connectivity index (χ3n) is 3.74. The van der Waals surface area contributed by atoms with Crippen molar-refractivity contribution in [2.75, 3.05) is 11.1 Å². The lowest BCUT2D eigenvalue weighted by molar-refractivity contribution is -0.111. The van der Waals surface area contributed by atoms with Gasteiger partial charge in [0.1, 0.15) is 0 Å². The van der Waals surface area contributed by atoms with Gasteiger partial charge in [0.05, 0.1) is 0 Å². The van der Waals surface area contributed by atoms with Gasteiger partial charge in [-0.3, -0.25) is 9.78 Å². The van der Waals surface area contributed by atoms with Gasteiger partial charge in [0, 0.05) is 29.8 Å². The number of nitrogens with zero attached hydrogens (tertiary/aromatic N) is 1. The summed E-state index contributed by atoms with van der Waals surface area (Å²) in [6.07, 6.45) is 7.69. The minimum atomic E-state index is -0.168. The Balaban J connectivity index is 1.57. The molecule has 0 spiro atoms. The molecule has 0 aliphatic rings. The zero-order chi connectivity index (χ0) is 17.5. The van der Waals surface area contributed by atoms with E-state index in [1.54, 1.807) is 30.6 Å². The molecule has 124 valence electrons. The van der Waals surface area contributed by atoms with Crippen LogP contribution in [0.1, 0.15) is 16.7 Å². The van der Waals surface area contributed by atoms with Crippen molar-refractivity contribution in [1.82, 2.24) is 4.98 Å². The molecular weight excluding hydrogens is 310 g/mol. The molecular formula is C21H19N3O. The van der Waals surface area contributed by atoms with Crippen LogP contribution in [0.15, 0.2) is 79.1 Å². The van der Waals surface area contributed by atoms with Crippen molar-refractivity contribution in [3.63, 3.8) is 0 Å². The maximum Gasteiger partial charge on any atom is 0.248 e. The predicted molar refractivity (Wildman–Crippen MR) is 102 cm³/mol. The summed E-state index contributed by atoms with van der Waals surface area (Å²) in [5.74, 6) is -0.168. The number of nitrogen functional groups attached to an aromatic ring is 1. The number of pyridine rings is 1. The third kappa shape index (κ3) is 5.04. The van der Waals surface area contributed by atoms with Gasteiger partial charge in [-0.25, -0.2) is 0 Å². The van der Waals surface area contributed by atoms with Gasteiger partial charge in [-0.05, 0) is 65.6 Å². The number of rotatable bonds is 5. The smallest absolute Gasteiger partial charge is 0.248 e. The van der Waals surface area contributed by atoms with Gasteiger partial charge in [0.15, 0.2) is 0 Å². The Morgan fingerprint density at radius 3 is 2.24 bits per heavy atom. The van der Waals surface area contributed by atoms with E-state index in [2.05, 4.69) is 10.3 Å². The molecule has 0 unspecified atom stereocenters. The van der Waals surface area contributed by atoms with Crippen molar-refractivity contribution in [3.05, 3.63) is 95.8 Å². The summed E-state index contributed by atoms with van der Waals surface area (Å²) < 4.78 is 0. The van der Waals surface area contributed by atoms with Gasteiger partial charge in [0.2, 0.25) is 5.91 Å². The summed E-state index contributed by atoms with van der Waals surface area (Å²) in [7, 11) is 0. The first-order valence-electron chi connectivity index (χ1n) is 8.01. The number of hydrogen-bond donors (Lipinski definition) is 2. The minimum absolute atomic E-state index is 0.168. The van der Waals surface area contributed by atoms with Crippen LogP contribution < -0.4 is 11.1 Å². The van der Waals surface area contributed by atoms with Gasteiger partial charge >= 0.3 is 0 Å². The van der Waals surface area contributed by atoms with Crippen LogP contribution in [0.25, 0.3) is 6.08 Å². The Morgan fingerprint density at radius 2 is 1.56 bits per heavy atom. The highest BCUT2D eigenvalue weighted by Gasteiger charge is 2.00. The first-order valence-corrected chi connectivity index (χ1v) is 8.01. The average Bonchev–Trinajstić information content (AvgIpc) is 2.64. The van der Waals surface area contributed by atoms with E-state index in [1.165, 1.54) is 17.2 Å². The molecule has 0 saturated heterocycles. The van der Waals surface area contributed by atoms with Crippen LogP contribution in [0, 0.1) is 0 Å². The molecule has 3 aromatic rings. The molecule has 4 heteroatoms. The van der Waals surface area contributed by atoms with Crippen LogP contribution in [-0.4, -0.2) is 10.9 Å². The zero-order valence-corrected chi connectivity index (χ0v) is 13.7. The SMILES string of the molecule is Nc1ccc(/C=C/C(=O)Nc2ccc(Cc3ccncc3)cc2)cc1. The summed E-state index contributed by atoms with van der Waals surface area (Å²) in [5.41, 5.74) is 10.4. The molecule has 0 fully saturated rings. The van der Waals surface area contributed by atoms with Crippen molar-refractivity contribution < 1.29 is 4.79 Å². The molecule has 3 N–H and O–H groups in total. The van der Waals surface area contributed by atoms with E-state index < -0.39 is 0 Å². The molecule has 0 radical (unpaired) electrons. The van der Waals surface area contributed by atoms with E-state index in [0.29, 0.717) is 5.69 Å². The Morgan fingerprint density at radius 1 is 0.920 bits per heavy atom. The monoisotopic (exact) mass is 329 g/mol.